The van der Waals surface area contributed by atoms with Crippen LogP contribution >= 0.6 is 15.9 Å². The molecule has 0 aliphatic heterocycles. The fourth-order valence-corrected chi connectivity index (χ4v) is 2.03. The van der Waals surface area contributed by atoms with Crippen molar-refractivity contribution in [3.05, 3.63) is 40.6 Å². The zero-order valence-electron chi connectivity index (χ0n) is 9.24. The van der Waals surface area contributed by atoms with Gasteiger partial charge in [0.15, 0.2) is 16.0 Å². The predicted octanol–water partition coefficient (Wildman–Crippen LogP) is 4.41. The van der Waals surface area contributed by atoms with Crippen molar-refractivity contribution in [3.63, 3.8) is 0 Å². The SMILES string of the molecule is CCc1ccc2oc(-c3ccc(Br)o3)nc2c1. The molecule has 0 radical (unpaired) electrons. The van der Waals surface area contributed by atoms with E-state index in [1.165, 1.54) is 5.56 Å². The van der Waals surface area contributed by atoms with E-state index in [4.69, 9.17) is 8.83 Å². The van der Waals surface area contributed by atoms with Crippen molar-refractivity contribution < 1.29 is 8.83 Å². The average molecular weight is 292 g/mol. The zero-order chi connectivity index (χ0) is 11.8. The second kappa shape index (κ2) is 4.04. The Labute approximate surface area is 107 Å². The fourth-order valence-electron chi connectivity index (χ4n) is 1.73. The minimum absolute atomic E-state index is 0.513. The molecule has 0 spiro atoms. The first-order valence-corrected chi connectivity index (χ1v) is 6.21. The van der Waals surface area contributed by atoms with Crippen molar-refractivity contribution in [2.45, 2.75) is 13.3 Å². The molecule has 0 bridgehead atoms. The van der Waals surface area contributed by atoms with Gasteiger partial charge in [-0.1, -0.05) is 13.0 Å². The summed E-state index contributed by atoms with van der Waals surface area (Å²) in [4.78, 5) is 4.42. The van der Waals surface area contributed by atoms with Crippen molar-refractivity contribution in [1.29, 1.82) is 0 Å². The van der Waals surface area contributed by atoms with Crippen LogP contribution in [0.2, 0.25) is 0 Å². The Kier molecular flexibility index (Phi) is 2.52. The predicted molar refractivity (Wildman–Crippen MR) is 68.8 cm³/mol. The summed E-state index contributed by atoms with van der Waals surface area (Å²) in [7, 11) is 0. The van der Waals surface area contributed by atoms with Gasteiger partial charge in [-0.15, -0.1) is 0 Å². The van der Waals surface area contributed by atoms with Crippen molar-refractivity contribution in [3.8, 4) is 11.7 Å². The number of benzene rings is 1. The average Bonchev–Trinajstić information content (AvgIpc) is 2.93. The lowest BCUT2D eigenvalue weighted by Crippen LogP contribution is -1.78. The highest BCUT2D eigenvalue weighted by Crippen LogP contribution is 2.28. The van der Waals surface area contributed by atoms with Crippen LogP contribution in [0.1, 0.15) is 12.5 Å². The van der Waals surface area contributed by atoms with E-state index in [0.717, 1.165) is 17.5 Å². The van der Waals surface area contributed by atoms with Crippen LogP contribution in [0.5, 0.6) is 0 Å². The second-order valence-corrected chi connectivity index (χ2v) is 4.56. The van der Waals surface area contributed by atoms with Gasteiger partial charge in [0.05, 0.1) is 0 Å². The van der Waals surface area contributed by atoms with Crippen LogP contribution in [0.15, 0.2) is 43.8 Å². The Morgan fingerprint density at radius 2 is 2.06 bits per heavy atom. The van der Waals surface area contributed by atoms with Crippen LogP contribution in [-0.2, 0) is 6.42 Å². The first kappa shape index (κ1) is 10.6. The number of nitrogens with zero attached hydrogens (tertiary/aromatic N) is 1. The molecule has 0 saturated heterocycles. The van der Waals surface area contributed by atoms with Gasteiger partial charge in [-0.25, -0.2) is 4.98 Å². The van der Waals surface area contributed by atoms with Gasteiger partial charge in [0.1, 0.15) is 5.52 Å². The lowest BCUT2D eigenvalue weighted by molar-refractivity contribution is 0.518. The Hall–Kier alpha value is -1.55. The number of fused-ring (bicyclic) bond motifs is 1. The van der Waals surface area contributed by atoms with E-state index < -0.39 is 0 Å². The summed E-state index contributed by atoms with van der Waals surface area (Å²) in [6.07, 6.45) is 0.991. The van der Waals surface area contributed by atoms with E-state index in [0.29, 0.717) is 16.3 Å². The smallest absolute Gasteiger partial charge is 0.263 e. The van der Waals surface area contributed by atoms with Crippen LogP contribution < -0.4 is 0 Å². The molecule has 0 atom stereocenters. The Morgan fingerprint density at radius 1 is 1.18 bits per heavy atom. The maximum absolute atomic E-state index is 5.64. The van der Waals surface area contributed by atoms with Gasteiger partial charge in [-0.2, -0.15) is 0 Å². The van der Waals surface area contributed by atoms with E-state index in [9.17, 15) is 0 Å². The van der Waals surface area contributed by atoms with E-state index in [1.54, 1.807) is 0 Å². The van der Waals surface area contributed by atoms with E-state index >= 15 is 0 Å². The van der Waals surface area contributed by atoms with Crippen LogP contribution in [0, 0.1) is 0 Å². The molecule has 2 aromatic heterocycles. The molecular weight excluding hydrogens is 282 g/mol. The number of furan rings is 1. The summed E-state index contributed by atoms with van der Waals surface area (Å²) in [5.41, 5.74) is 2.90. The second-order valence-electron chi connectivity index (χ2n) is 3.78. The molecule has 0 amide bonds. The molecule has 0 aliphatic rings. The van der Waals surface area contributed by atoms with E-state index in [1.807, 2.05) is 24.3 Å². The molecule has 1 aromatic carbocycles. The number of aromatic nitrogens is 1. The number of halogens is 1. The third-order valence-corrected chi connectivity index (χ3v) is 3.07. The molecular formula is C13H10BrNO2. The highest BCUT2D eigenvalue weighted by Gasteiger charge is 2.11. The molecule has 3 rings (SSSR count). The first-order chi connectivity index (χ1) is 8.26. The largest absolute Gasteiger partial charge is 0.444 e. The van der Waals surface area contributed by atoms with Crippen LogP contribution in [0.3, 0.4) is 0 Å². The summed E-state index contributed by atoms with van der Waals surface area (Å²) in [5.74, 6) is 1.14. The van der Waals surface area contributed by atoms with Crippen LogP contribution in [0.4, 0.5) is 0 Å². The highest BCUT2D eigenvalue weighted by molar-refractivity contribution is 9.10. The zero-order valence-corrected chi connectivity index (χ0v) is 10.8. The molecule has 0 saturated carbocycles. The molecule has 3 aromatic rings. The minimum atomic E-state index is 0.513. The van der Waals surface area contributed by atoms with E-state index in [-0.39, 0.29) is 0 Å². The van der Waals surface area contributed by atoms with Gasteiger partial charge in [0, 0.05) is 0 Å². The minimum Gasteiger partial charge on any atom is -0.444 e. The van der Waals surface area contributed by atoms with Gasteiger partial charge in [-0.05, 0) is 52.2 Å². The van der Waals surface area contributed by atoms with Gasteiger partial charge in [0.25, 0.3) is 5.89 Å². The molecule has 0 fully saturated rings. The maximum atomic E-state index is 5.64. The highest BCUT2D eigenvalue weighted by atomic mass is 79.9. The number of rotatable bonds is 2. The Balaban J connectivity index is 2.13. The van der Waals surface area contributed by atoms with Gasteiger partial charge < -0.3 is 8.83 Å². The molecule has 2 heterocycles. The molecule has 0 N–H and O–H groups in total. The molecule has 4 heteroatoms. The van der Waals surface area contributed by atoms with Crippen LogP contribution in [0.25, 0.3) is 22.8 Å². The quantitative estimate of drug-likeness (QED) is 0.702. The maximum Gasteiger partial charge on any atom is 0.263 e. The molecule has 86 valence electrons. The number of hydrogen-bond acceptors (Lipinski definition) is 3. The van der Waals surface area contributed by atoms with Crippen molar-refractivity contribution in [2.24, 2.45) is 0 Å². The molecule has 0 unspecified atom stereocenters. The number of hydrogen-bond donors (Lipinski definition) is 0. The summed E-state index contributed by atoms with van der Waals surface area (Å²) in [6, 6.07) is 9.69. The first-order valence-electron chi connectivity index (χ1n) is 5.41. The lowest BCUT2D eigenvalue weighted by Gasteiger charge is -1.92. The van der Waals surface area contributed by atoms with E-state index in [2.05, 4.69) is 33.9 Å². The van der Waals surface area contributed by atoms with Gasteiger partial charge in [0.2, 0.25) is 0 Å². The van der Waals surface area contributed by atoms with Crippen molar-refractivity contribution >= 4 is 27.0 Å². The van der Waals surface area contributed by atoms with Crippen molar-refractivity contribution in [1.82, 2.24) is 4.98 Å². The third kappa shape index (κ3) is 1.89. The van der Waals surface area contributed by atoms with Gasteiger partial charge in [-0.3, -0.25) is 0 Å². The summed E-state index contributed by atoms with van der Waals surface area (Å²) >= 11 is 3.26. The fraction of sp³-hybridized carbons (Fsp3) is 0.154. The Morgan fingerprint density at radius 3 is 2.76 bits per heavy atom. The molecule has 17 heavy (non-hydrogen) atoms. The summed E-state index contributed by atoms with van der Waals surface area (Å²) in [5, 5.41) is 0. The van der Waals surface area contributed by atoms with Crippen LogP contribution in [-0.4, -0.2) is 4.98 Å². The third-order valence-electron chi connectivity index (χ3n) is 2.64. The number of oxazole rings is 1. The van der Waals surface area contributed by atoms with Crippen molar-refractivity contribution in [2.75, 3.05) is 0 Å². The Bertz CT molecular complexity index is 669. The lowest BCUT2D eigenvalue weighted by atomic mass is 10.1. The standard InChI is InChI=1S/C13H10BrNO2/c1-2-8-3-4-10-9(7-8)15-13(17-10)11-5-6-12(14)16-11/h3-7H,2H2,1H3. The number of aryl methyl sites for hydroxylation is 1. The van der Waals surface area contributed by atoms with Gasteiger partial charge >= 0.3 is 0 Å². The monoisotopic (exact) mass is 291 g/mol. The summed E-state index contributed by atoms with van der Waals surface area (Å²) in [6.45, 7) is 2.12. The summed E-state index contributed by atoms with van der Waals surface area (Å²) < 4.78 is 11.7. The molecule has 0 aliphatic carbocycles. The topological polar surface area (TPSA) is 39.2 Å². The molecule has 3 nitrogen and oxygen atoms in total. The normalized spacial score (nSPS) is 11.2.